The Kier molecular flexibility index (Phi) is 5.54. The first kappa shape index (κ1) is 19.3. The van der Waals surface area contributed by atoms with Crippen LogP contribution in [-0.4, -0.2) is 50.3 Å². The normalized spacial score (nSPS) is 16.9. The lowest BCUT2D eigenvalue weighted by atomic mass is 9.96. The van der Waals surface area contributed by atoms with Gasteiger partial charge in [0.2, 0.25) is 0 Å². The molecule has 1 atom stereocenters. The van der Waals surface area contributed by atoms with Crippen molar-refractivity contribution in [3.8, 4) is 0 Å². The zero-order chi connectivity index (χ0) is 20.3. The number of carboxylic acid groups (broad SMARTS) is 1. The van der Waals surface area contributed by atoms with Gasteiger partial charge in [0.05, 0.1) is 11.3 Å². The zero-order valence-electron chi connectivity index (χ0n) is 15.6. The average Bonchev–Trinajstić information content (AvgIpc) is 2.69. The predicted molar refractivity (Wildman–Crippen MR) is 103 cm³/mol. The molecular formula is C21H21N3O4. The molecule has 28 heavy (non-hydrogen) atoms. The van der Waals surface area contributed by atoms with Gasteiger partial charge in [-0.25, -0.2) is 0 Å². The number of carbonyl (C=O) groups excluding carboxylic acids is 2. The van der Waals surface area contributed by atoms with Crippen LogP contribution in [0.25, 0.3) is 5.70 Å². The summed E-state index contributed by atoms with van der Waals surface area (Å²) < 4.78 is 0. The minimum atomic E-state index is -1.12. The van der Waals surface area contributed by atoms with Crippen molar-refractivity contribution in [3.05, 3.63) is 72.2 Å². The molecule has 0 radical (unpaired) electrons. The highest BCUT2D eigenvalue weighted by atomic mass is 16.4. The van der Waals surface area contributed by atoms with Crippen molar-refractivity contribution in [2.45, 2.75) is 19.9 Å². The number of hydrogen-bond donors (Lipinski definition) is 1. The van der Waals surface area contributed by atoms with Crippen LogP contribution in [0.2, 0.25) is 0 Å². The molecule has 0 aliphatic carbocycles. The summed E-state index contributed by atoms with van der Waals surface area (Å²) in [6, 6.07) is 11.4. The standard InChI is InChI=1S/C21H21N3O4/c1-14(2)19-21(28)23(13-18(25)26)17(15-7-4-3-5-8-15)12-24(19)20(27)16-9-6-10-22-11-16/h3-12,14,19H,13H2,1-2H3,(H,25,26)/t19-/m0/s1. The SMILES string of the molecule is CC(C)[C@H]1C(=O)N(CC(=O)O)C(c2ccccc2)=CN1C(=O)c1cccnc1. The summed E-state index contributed by atoms with van der Waals surface area (Å²) in [6.07, 6.45) is 4.58. The van der Waals surface area contributed by atoms with Gasteiger partial charge in [-0.3, -0.25) is 24.3 Å². The van der Waals surface area contributed by atoms with Gasteiger partial charge in [0, 0.05) is 18.6 Å². The molecule has 7 nitrogen and oxygen atoms in total. The molecule has 2 heterocycles. The lowest BCUT2D eigenvalue weighted by Gasteiger charge is -2.40. The number of aromatic nitrogens is 1. The van der Waals surface area contributed by atoms with Crippen molar-refractivity contribution in [1.29, 1.82) is 0 Å². The third-order valence-electron chi connectivity index (χ3n) is 4.51. The van der Waals surface area contributed by atoms with E-state index in [0.717, 1.165) is 0 Å². The van der Waals surface area contributed by atoms with E-state index in [-0.39, 0.29) is 11.8 Å². The van der Waals surface area contributed by atoms with Crippen molar-refractivity contribution in [1.82, 2.24) is 14.8 Å². The third kappa shape index (κ3) is 3.78. The van der Waals surface area contributed by atoms with E-state index >= 15 is 0 Å². The van der Waals surface area contributed by atoms with Gasteiger partial charge < -0.3 is 10.0 Å². The lowest BCUT2D eigenvalue weighted by molar-refractivity contribution is -0.144. The van der Waals surface area contributed by atoms with Crippen LogP contribution >= 0.6 is 0 Å². The number of carbonyl (C=O) groups is 3. The fraction of sp³-hybridized carbons (Fsp3) is 0.238. The van der Waals surface area contributed by atoms with E-state index < -0.39 is 24.5 Å². The topological polar surface area (TPSA) is 90.8 Å². The number of rotatable bonds is 5. The van der Waals surface area contributed by atoms with Crippen molar-refractivity contribution >= 4 is 23.5 Å². The first-order valence-corrected chi connectivity index (χ1v) is 8.93. The molecule has 1 aromatic heterocycles. The molecular weight excluding hydrogens is 358 g/mol. The van der Waals surface area contributed by atoms with E-state index in [1.54, 1.807) is 48.8 Å². The predicted octanol–water partition coefficient (Wildman–Crippen LogP) is 2.47. The number of nitrogens with zero attached hydrogens (tertiary/aromatic N) is 3. The molecule has 1 aromatic carbocycles. The average molecular weight is 379 g/mol. The Balaban J connectivity index is 2.14. The molecule has 0 fully saturated rings. The first-order chi connectivity index (χ1) is 13.4. The van der Waals surface area contributed by atoms with E-state index in [1.807, 2.05) is 19.9 Å². The largest absolute Gasteiger partial charge is 0.480 e. The van der Waals surface area contributed by atoms with Crippen LogP contribution in [0.15, 0.2) is 61.1 Å². The number of aliphatic carboxylic acids is 1. The summed E-state index contributed by atoms with van der Waals surface area (Å²) in [5, 5.41) is 9.32. The first-order valence-electron chi connectivity index (χ1n) is 8.93. The van der Waals surface area contributed by atoms with E-state index in [4.69, 9.17) is 0 Å². The van der Waals surface area contributed by atoms with Crippen LogP contribution in [0.4, 0.5) is 0 Å². The van der Waals surface area contributed by atoms with Crippen molar-refractivity contribution in [2.24, 2.45) is 5.92 Å². The van der Waals surface area contributed by atoms with Crippen LogP contribution in [0.5, 0.6) is 0 Å². The number of benzene rings is 1. The van der Waals surface area contributed by atoms with Gasteiger partial charge in [0.1, 0.15) is 12.6 Å². The molecule has 2 amide bonds. The monoisotopic (exact) mass is 379 g/mol. The van der Waals surface area contributed by atoms with Crippen LogP contribution < -0.4 is 0 Å². The molecule has 1 aliphatic heterocycles. The summed E-state index contributed by atoms with van der Waals surface area (Å²) in [7, 11) is 0. The molecule has 0 unspecified atom stereocenters. The van der Waals surface area contributed by atoms with E-state index in [0.29, 0.717) is 16.8 Å². The zero-order valence-corrected chi connectivity index (χ0v) is 15.6. The Labute approximate surface area is 162 Å². The Morgan fingerprint density at radius 3 is 2.43 bits per heavy atom. The molecule has 144 valence electrons. The van der Waals surface area contributed by atoms with E-state index in [1.165, 1.54) is 16.0 Å². The highest BCUT2D eigenvalue weighted by molar-refractivity contribution is 6.03. The second-order valence-corrected chi connectivity index (χ2v) is 6.84. The summed E-state index contributed by atoms with van der Waals surface area (Å²) in [5.41, 5.74) is 1.39. The number of hydrogen-bond acceptors (Lipinski definition) is 4. The van der Waals surface area contributed by atoms with Gasteiger partial charge >= 0.3 is 5.97 Å². The van der Waals surface area contributed by atoms with Gasteiger partial charge in [-0.1, -0.05) is 44.2 Å². The summed E-state index contributed by atoms with van der Waals surface area (Å²) in [4.78, 5) is 44.4. The van der Waals surface area contributed by atoms with Gasteiger partial charge in [-0.15, -0.1) is 0 Å². The fourth-order valence-electron chi connectivity index (χ4n) is 3.25. The van der Waals surface area contributed by atoms with Gasteiger partial charge in [0.25, 0.3) is 11.8 Å². The van der Waals surface area contributed by atoms with Crippen molar-refractivity contribution in [2.75, 3.05) is 6.54 Å². The molecule has 1 aliphatic rings. The second-order valence-electron chi connectivity index (χ2n) is 6.84. The number of pyridine rings is 1. The quantitative estimate of drug-likeness (QED) is 0.862. The smallest absolute Gasteiger partial charge is 0.323 e. The second kappa shape index (κ2) is 8.04. The molecule has 0 bridgehead atoms. The summed E-state index contributed by atoms with van der Waals surface area (Å²) >= 11 is 0. The lowest BCUT2D eigenvalue weighted by Crippen LogP contribution is -2.55. The number of carboxylic acids is 1. The minimum absolute atomic E-state index is 0.210. The van der Waals surface area contributed by atoms with Crippen LogP contribution in [-0.2, 0) is 9.59 Å². The minimum Gasteiger partial charge on any atom is -0.480 e. The maximum absolute atomic E-state index is 13.2. The van der Waals surface area contributed by atoms with Gasteiger partial charge in [-0.05, 0) is 23.6 Å². The molecule has 2 aromatic rings. The van der Waals surface area contributed by atoms with Crippen molar-refractivity contribution < 1.29 is 19.5 Å². The molecule has 0 saturated heterocycles. The maximum atomic E-state index is 13.2. The molecule has 1 N–H and O–H groups in total. The maximum Gasteiger partial charge on any atom is 0.323 e. The van der Waals surface area contributed by atoms with Crippen LogP contribution in [0.1, 0.15) is 29.8 Å². The molecule has 7 heteroatoms. The molecule has 3 rings (SSSR count). The molecule has 0 saturated carbocycles. The van der Waals surface area contributed by atoms with Gasteiger partial charge in [-0.2, -0.15) is 0 Å². The number of amides is 2. The van der Waals surface area contributed by atoms with E-state index in [9.17, 15) is 19.5 Å². The van der Waals surface area contributed by atoms with Gasteiger partial charge in [0.15, 0.2) is 0 Å². The Morgan fingerprint density at radius 2 is 1.86 bits per heavy atom. The fourth-order valence-corrected chi connectivity index (χ4v) is 3.25. The Morgan fingerprint density at radius 1 is 1.14 bits per heavy atom. The van der Waals surface area contributed by atoms with Crippen LogP contribution in [0, 0.1) is 5.92 Å². The molecule has 0 spiro atoms. The highest BCUT2D eigenvalue weighted by Crippen LogP contribution is 2.30. The van der Waals surface area contributed by atoms with Crippen LogP contribution in [0.3, 0.4) is 0 Å². The highest BCUT2D eigenvalue weighted by Gasteiger charge is 2.41. The van der Waals surface area contributed by atoms with E-state index in [2.05, 4.69) is 4.98 Å². The third-order valence-corrected chi connectivity index (χ3v) is 4.51. The Bertz CT molecular complexity index is 910. The Hall–Kier alpha value is -3.48. The summed E-state index contributed by atoms with van der Waals surface area (Å²) in [5.74, 6) is -2.11. The van der Waals surface area contributed by atoms with Crippen molar-refractivity contribution in [3.63, 3.8) is 0 Å². The summed E-state index contributed by atoms with van der Waals surface area (Å²) in [6.45, 7) is 3.18.